The van der Waals surface area contributed by atoms with E-state index in [1.165, 1.54) is 0 Å². The third-order valence-corrected chi connectivity index (χ3v) is 7.68. The summed E-state index contributed by atoms with van der Waals surface area (Å²) in [6.07, 6.45) is -4.64. The van der Waals surface area contributed by atoms with Crippen molar-refractivity contribution in [3.8, 4) is 5.75 Å². The molecule has 214 valence electrons. The van der Waals surface area contributed by atoms with Crippen LogP contribution in [-0.2, 0) is 15.8 Å². The number of anilines is 2. The number of nitrogens with two attached hydrogens (primary N) is 1. The number of nitrogens with one attached hydrogen (secondary N) is 2. The highest BCUT2D eigenvalue weighted by Crippen LogP contribution is 2.40. The number of alkyl halides is 3. The van der Waals surface area contributed by atoms with Crippen molar-refractivity contribution in [3.63, 3.8) is 0 Å². The van der Waals surface area contributed by atoms with Crippen LogP contribution in [0.2, 0.25) is 5.02 Å². The molecular formula is C29H26ClF3N4O3S. The highest BCUT2D eigenvalue weighted by Gasteiger charge is 2.39. The van der Waals surface area contributed by atoms with Gasteiger partial charge in [-0.25, -0.2) is 4.99 Å². The largest absolute Gasteiger partial charge is 0.492 e. The highest BCUT2D eigenvalue weighted by molar-refractivity contribution is 8.16. The summed E-state index contributed by atoms with van der Waals surface area (Å²) < 4.78 is 45.8. The van der Waals surface area contributed by atoms with Crippen LogP contribution in [0.1, 0.15) is 23.6 Å². The van der Waals surface area contributed by atoms with Crippen molar-refractivity contribution < 1.29 is 27.5 Å². The first-order chi connectivity index (χ1) is 19.4. The predicted molar refractivity (Wildman–Crippen MR) is 157 cm³/mol. The van der Waals surface area contributed by atoms with Gasteiger partial charge in [0.05, 0.1) is 34.1 Å². The third-order valence-electron chi connectivity index (χ3n) is 6.14. The number of ether oxygens (including phenoxy) is 1. The lowest BCUT2D eigenvalue weighted by Gasteiger charge is -2.14. The van der Waals surface area contributed by atoms with E-state index in [-0.39, 0.29) is 27.0 Å². The Bertz CT molecular complexity index is 1550. The van der Waals surface area contributed by atoms with Crippen molar-refractivity contribution >= 4 is 57.3 Å². The van der Waals surface area contributed by atoms with Crippen LogP contribution in [-0.4, -0.2) is 28.7 Å². The number of aliphatic imine (C=N–C) groups is 1. The lowest BCUT2D eigenvalue weighted by molar-refractivity contribution is -0.137. The Kier molecular flexibility index (Phi) is 8.98. The number of carbonyl (C=O) groups is 2. The van der Waals surface area contributed by atoms with Gasteiger partial charge >= 0.3 is 6.18 Å². The summed E-state index contributed by atoms with van der Waals surface area (Å²) in [5.41, 5.74) is 7.46. The SMILES string of the molecule is CCOc1ccccc1NC(=O)[C@H]1SC(=Nc2cc(C(F)(F)F)ccc2Cl)C(C(=O)Nc2c(C)cccc2C)=C1N. The highest BCUT2D eigenvalue weighted by atomic mass is 35.5. The lowest BCUT2D eigenvalue weighted by atomic mass is 10.1. The zero-order chi connectivity index (χ0) is 29.9. The van der Waals surface area contributed by atoms with Crippen LogP contribution in [0.15, 0.2) is 76.9 Å². The number of aryl methyl sites for hydroxylation is 2. The fraction of sp³-hybridized carbons (Fsp3) is 0.207. The molecule has 4 N–H and O–H groups in total. The minimum atomic E-state index is -4.64. The number of hydrogen-bond donors (Lipinski definition) is 3. The van der Waals surface area contributed by atoms with E-state index in [1.54, 1.807) is 31.2 Å². The van der Waals surface area contributed by atoms with Gasteiger partial charge in [-0.1, -0.05) is 53.7 Å². The first-order valence-electron chi connectivity index (χ1n) is 12.4. The maximum atomic E-state index is 13.6. The van der Waals surface area contributed by atoms with E-state index < -0.39 is 28.8 Å². The molecule has 41 heavy (non-hydrogen) atoms. The Hall–Kier alpha value is -3.96. The van der Waals surface area contributed by atoms with E-state index in [2.05, 4.69) is 15.6 Å². The summed E-state index contributed by atoms with van der Waals surface area (Å²) in [5.74, 6) is -0.803. The summed E-state index contributed by atoms with van der Waals surface area (Å²) in [6, 6.07) is 14.9. The van der Waals surface area contributed by atoms with Crippen molar-refractivity contribution in [3.05, 3.63) is 93.6 Å². The molecule has 0 radical (unpaired) electrons. The van der Waals surface area contributed by atoms with Gasteiger partial charge in [0.1, 0.15) is 16.0 Å². The Morgan fingerprint density at radius 2 is 1.73 bits per heavy atom. The van der Waals surface area contributed by atoms with Gasteiger partial charge in [-0.15, -0.1) is 0 Å². The number of nitrogens with zero attached hydrogens (tertiary/aromatic N) is 1. The van der Waals surface area contributed by atoms with E-state index in [0.29, 0.717) is 23.7 Å². The Balaban J connectivity index is 1.76. The van der Waals surface area contributed by atoms with Crippen LogP contribution in [0.5, 0.6) is 5.75 Å². The molecule has 7 nitrogen and oxygen atoms in total. The molecule has 3 aromatic rings. The van der Waals surface area contributed by atoms with Crippen molar-refractivity contribution in [2.75, 3.05) is 17.2 Å². The fourth-order valence-electron chi connectivity index (χ4n) is 4.12. The number of benzene rings is 3. The molecule has 3 aromatic carbocycles. The molecular weight excluding hydrogens is 577 g/mol. The van der Waals surface area contributed by atoms with Gasteiger partial charge in [0.25, 0.3) is 5.91 Å². The molecule has 0 fully saturated rings. The first kappa shape index (κ1) is 30.0. The summed E-state index contributed by atoms with van der Waals surface area (Å²) in [5, 5.41) is 4.34. The number of halogens is 4. The fourth-order valence-corrected chi connectivity index (χ4v) is 5.39. The number of para-hydroxylation sites is 3. The minimum absolute atomic E-state index is 0.0503. The Labute approximate surface area is 244 Å². The summed E-state index contributed by atoms with van der Waals surface area (Å²) in [7, 11) is 0. The lowest BCUT2D eigenvalue weighted by Crippen LogP contribution is -2.29. The minimum Gasteiger partial charge on any atom is -0.492 e. The van der Waals surface area contributed by atoms with E-state index >= 15 is 0 Å². The zero-order valence-electron chi connectivity index (χ0n) is 22.2. The van der Waals surface area contributed by atoms with Crippen LogP contribution >= 0.6 is 23.4 Å². The predicted octanol–water partition coefficient (Wildman–Crippen LogP) is 7.01. The van der Waals surface area contributed by atoms with E-state index in [9.17, 15) is 22.8 Å². The monoisotopic (exact) mass is 602 g/mol. The molecule has 0 saturated carbocycles. The van der Waals surface area contributed by atoms with Crippen molar-refractivity contribution in [2.24, 2.45) is 10.7 Å². The molecule has 0 unspecified atom stereocenters. The second-order valence-corrected chi connectivity index (χ2v) is 10.5. The number of thioether (sulfide) groups is 1. The number of carbonyl (C=O) groups excluding carboxylic acids is 2. The van der Waals surface area contributed by atoms with Gasteiger partial charge in [0.15, 0.2) is 0 Å². The summed E-state index contributed by atoms with van der Waals surface area (Å²) >= 11 is 7.02. The smallest absolute Gasteiger partial charge is 0.416 e. The maximum absolute atomic E-state index is 13.6. The van der Waals surface area contributed by atoms with Crippen molar-refractivity contribution in [1.29, 1.82) is 0 Å². The topological polar surface area (TPSA) is 106 Å². The number of amides is 2. The second-order valence-electron chi connectivity index (χ2n) is 9.05. The van der Waals surface area contributed by atoms with Gasteiger partial charge in [-0.2, -0.15) is 13.2 Å². The normalized spacial score (nSPS) is 16.2. The van der Waals surface area contributed by atoms with E-state index in [4.69, 9.17) is 22.1 Å². The van der Waals surface area contributed by atoms with E-state index in [0.717, 1.165) is 41.1 Å². The average molecular weight is 603 g/mol. The van der Waals surface area contributed by atoms with Crippen molar-refractivity contribution in [1.82, 2.24) is 0 Å². The van der Waals surface area contributed by atoms with Gasteiger partial charge in [0, 0.05) is 11.4 Å². The number of rotatable bonds is 7. The molecule has 12 heteroatoms. The average Bonchev–Trinajstić information content (AvgIpc) is 3.24. The number of hydrogen-bond acceptors (Lipinski definition) is 6. The quantitative estimate of drug-likeness (QED) is 0.270. The van der Waals surface area contributed by atoms with Gasteiger partial charge in [0.2, 0.25) is 5.91 Å². The Morgan fingerprint density at radius 3 is 2.39 bits per heavy atom. The summed E-state index contributed by atoms with van der Waals surface area (Å²) in [6.45, 7) is 5.79. The molecule has 0 aliphatic carbocycles. The molecule has 1 aliphatic rings. The standard InChI is InChI=1S/C29H26ClF3N4O3S/c1-4-40-21-11-6-5-10-19(21)35-27(39)25-23(34)22(26(38)37-24-15(2)8-7-9-16(24)3)28(41-25)36-20-14-17(29(31,32)33)12-13-18(20)30/h5-14,25H,4,34H2,1-3H3,(H,35,39)(H,37,38)/t25-/m0/s1. The molecule has 0 saturated heterocycles. The zero-order valence-corrected chi connectivity index (χ0v) is 23.8. The van der Waals surface area contributed by atoms with Gasteiger partial charge in [-0.3, -0.25) is 9.59 Å². The van der Waals surface area contributed by atoms with E-state index in [1.807, 2.05) is 32.0 Å². The molecule has 1 heterocycles. The molecule has 2 amide bonds. The first-order valence-corrected chi connectivity index (χ1v) is 13.7. The van der Waals surface area contributed by atoms with Gasteiger partial charge in [-0.05, 0) is 62.2 Å². The molecule has 1 atom stereocenters. The Morgan fingerprint density at radius 1 is 1.05 bits per heavy atom. The van der Waals surface area contributed by atoms with Crippen LogP contribution in [0.4, 0.5) is 30.2 Å². The second kappa shape index (κ2) is 12.3. The molecule has 0 bridgehead atoms. The maximum Gasteiger partial charge on any atom is 0.416 e. The van der Waals surface area contributed by atoms with Crippen LogP contribution in [0.25, 0.3) is 0 Å². The van der Waals surface area contributed by atoms with Crippen molar-refractivity contribution in [2.45, 2.75) is 32.2 Å². The van der Waals surface area contributed by atoms with Crippen LogP contribution < -0.4 is 21.1 Å². The van der Waals surface area contributed by atoms with Crippen LogP contribution in [0.3, 0.4) is 0 Å². The molecule has 1 aliphatic heterocycles. The van der Waals surface area contributed by atoms with Crippen LogP contribution in [0, 0.1) is 13.8 Å². The molecule has 0 aromatic heterocycles. The molecule has 4 rings (SSSR count). The molecule has 0 spiro atoms. The third kappa shape index (κ3) is 6.68. The summed E-state index contributed by atoms with van der Waals surface area (Å²) in [4.78, 5) is 31.3. The van der Waals surface area contributed by atoms with Gasteiger partial charge < -0.3 is 21.1 Å².